The summed E-state index contributed by atoms with van der Waals surface area (Å²) in [6.07, 6.45) is 3.31. The van der Waals surface area contributed by atoms with E-state index in [-0.39, 0.29) is 0 Å². The minimum absolute atomic E-state index is 0.557. The molecule has 22 heavy (non-hydrogen) atoms. The van der Waals surface area contributed by atoms with Gasteiger partial charge in [-0.25, -0.2) is 4.98 Å². The number of imidazole rings is 1. The first kappa shape index (κ1) is 13.3. The van der Waals surface area contributed by atoms with Crippen LogP contribution in [0.1, 0.15) is 24.6 Å². The minimum Gasteiger partial charge on any atom is -0.408 e. The maximum absolute atomic E-state index is 5.55. The molecule has 0 amide bonds. The molecular formula is C16H19N5O. The van der Waals surface area contributed by atoms with Crippen LogP contribution in [0.5, 0.6) is 0 Å². The third-order valence-corrected chi connectivity index (χ3v) is 4.23. The Kier molecular flexibility index (Phi) is 3.29. The van der Waals surface area contributed by atoms with Gasteiger partial charge in [0.15, 0.2) is 0 Å². The Labute approximate surface area is 128 Å². The number of anilines is 1. The van der Waals surface area contributed by atoms with E-state index < -0.39 is 0 Å². The fourth-order valence-electron chi connectivity index (χ4n) is 3.20. The highest BCUT2D eigenvalue weighted by molar-refractivity contribution is 5.74. The summed E-state index contributed by atoms with van der Waals surface area (Å²) in [5.74, 6) is 2.24. The second kappa shape index (κ2) is 5.44. The molecule has 0 saturated carbocycles. The molecule has 3 heterocycles. The van der Waals surface area contributed by atoms with E-state index in [1.54, 1.807) is 0 Å². The Morgan fingerprint density at radius 3 is 3.05 bits per heavy atom. The van der Waals surface area contributed by atoms with Crippen LogP contribution in [-0.4, -0.2) is 33.3 Å². The maximum atomic E-state index is 5.55. The predicted molar refractivity (Wildman–Crippen MR) is 83.8 cm³/mol. The van der Waals surface area contributed by atoms with E-state index in [0.29, 0.717) is 17.8 Å². The Balaban J connectivity index is 1.48. The summed E-state index contributed by atoms with van der Waals surface area (Å²) < 4.78 is 5.55. The lowest BCUT2D eigenvalue weighted by Crippen LogP contribution is -2.36. The molecule has 2 aromatic heterocycles. The zero-order chi connectivity index (χ0) is 14.9. The Hall–Kier alpha value is -2.37. The van der Waals surface area contributed by atoms with E-state index in [1.165, 1.54) is 6.42 Å². The molecule has 1 aliphatic heterocycles. The standard InChI is InChI=1S/C16H19N5O/c1-11-19-20-16(22-11)21-8-4-5-12(10-21)9-15-17-13-6-2-3-7-14(13)18-15/h2-3,6-7,12H,4-5,8-10H2,1H3,(H,17,18)/t12-/m0/s1. The number of aromatic nitrogens is 4. The van der Waals surface area contributed by atoms with Crippen LogP contribution in [0.25, 0.3) is 11.0 Å². The van der Waals surface area contributed by atoms with Crippen molar-refractivity contribution in [1.29, 1.82) is 0 Å². The Bertz CT molecular complexity index is 745. The van der Waals surface area contributed by atoms with Gasteiger partial charge in [-0.05, 0) is 30.9 Å². The number of hydrogen-bond acceptors (Lipinski definition) is 5. The van der Waals surface area contributed by atoms with E-state index in [2.05, 4.69) is 31.1 Å². The second-order valence-corrected chi connectivity index (χ2v) is 5.96. The van der Waals surface area contributed by atoms with Crippen LogP contribution in [0.4, 0.5) is 6.01 Å². The van der Waals surface area contributed by atoms with E-state index in [4.69, 9.17) is 4.42 Å². The Morgan fingerprint density at radius 2 is 2.23 bits per heavy atom. The molecule has 0 radical (unpaired) electrons. The number of fused-ring (bicyclic) bond motifs is 1. The molecule has 1 aliphatic rings. The van der Waals surface area contributed by atoms with Crippen molar-refractivity contribution in [2.75, 3.05) is 18.0 Å². The highest BCUT2D eigenvalue weighted by Crippen LogP contribution is 2.24. The highest BCUT2D eigenvalue weighted by atomic mass is 16.4. The smallest absolute Gasteiger partial charge is 0.318 e. The molecule has 4 rings (SSSR count). The highest BCUT2D eigenvalue weighted by Gasteiger charge is 2.24. The molecule has 114 valence electrons. The van der Waals surface area contributed by atoms with Crippen molar-refractivity contribution >= 4 is 17.0 Å². The lowest BCUT2D eigenvalue weighted by Gasteiger charge is -2.30. The second-order valence-electron chi connectivity index (χ2n) is 5.96. The van der Waals surface area contributed by atoms with Crippen LogP contribution in [0.15, 0.2) is 28.7 Å². The van der Waals surface area contributed by atoms with Crippen molar-refractivity contribution < 1.29 is 4.42 Å². The fourth-order valence-corrected chi connectivity index (χ4v) is 3.20. The number of aromatic amines is 1. The van der Waals surface area contributed by atoms with E-state index in [0.717, 1.165) is 42.8 Å². The van der Waals surface area contributed by atoms with Crippen LogP contribution < -0.4 is 4.90 Å². The first-order valence-electron chi connectivity index (χ1n) is 7.76. The molecule has 1 N–H and O–H groups in total. The SMILES string of the molecule is Cc1nnc(N2CCC[C@@H](Cc3nc4ccccc4[nH]3)C2)o1. The van der Waals surface area contributed by atoms with Crippen LogP contribution >= 0.6 is 0 Å². The average molecular weight is 297 g/mol. The maximum Gasteiger partial charge on any atom is 0.318 e. The minimum atomic E-state index is 0.557. The molecule has 0 unspecified atom stereocenters. The summed E-state index contributed by atoms with van der Waals surface area (Å²) in [5, 5.41) is 8.05. The molecule has 6 nitrogen and oxygen atoms in total. The van der Waals surface area contributed by atoms with Gasteiger partial charge in [-0.1, -0.05) is 17.2 Å². The summed E-state index contributed by atoms with van der Waals surface area (Å²) in [5.41, 5.74) is 2.15. The first-order valence-corrected chi connectivity index (χ1v) is 7.76. The molecule has 6 heteroatoms. The summed E-state index contributed by atoms with van der Waals surface area (Å²) in [7, 11) is 0. The van der Waals surface area contributed by atoms with Gasteiger partial charge in [0.1, 0.15) is 5.82 Å². The van der Waals surface area contributed by atoms with Crippen molar-refractivity contribution in [3.05, 3.63) is 36.0 Å². The van der Waals surface area contributed by atoms with Gasteiger partial charge in [0.2, 0.25) is 5.89 Å². The normalized spacial score (nSPS) is 19.0. The predicted octanol–water partition coefficient (Wildman–Crippen LogP) is 2.71. The fraction of sp³-hybridized carbons (Fsp3) is 0.438. The molecule has 0 spiro atoms. The summed E-state index contributed by atoms with van der Waals surface area (Å²) >= 11 is 0. The van der Waals surface area contributed by atoms with E-state index >= 15 is 0 Å². The number of rotatable bonds is 3. The van der Waals surface area contributed by atoms with Gasteiger partial charge in [0.25, 0.3) is 0 Å². The molecule has 1 saturated heterocycles. The number of nitrogens with zero attached hydrogens (tertiary/aromatic N) is 4. The van der Waals surface area contributed by atoms with Crippen molar-refractivity contribution in [3.63, 3.8) is 0 Å². The number of H-pyrrole nitrogens is 1. The van der Waals surface area contributed by atoms with Crippen LogP contribution in [0.3, 0.4) is 0 Å². The van der Waals surface area contributed by atoms with Gasteiger partial charge in [0, 0.05) is 26.4 Å². The van der Waals surface area contributed by atoms with Gasteiger partial charge >= 0.3 is 6.01 Å². The molecule has 0 aliphatic carbocycles. The summed E-state index contributed by atoms with van der Waals surface area (Å²) in [6, 6.07) is 8.81. The van der Waals surface area contributed by atoms with Gasteiger partial charge in [-0.2, -0.15) is 0 Å². The zero-order valence-electron chi connectivity index (χ0n) is 12.6. The van der Waals surface area contributed by atoms with Crippen molar-refractivity contribution in [2.45, 2.75) is 26.2 Å². The number of hydrogen-bond donors (Lipinski definition) is 1. The van der Waals surface area contributed by atoms with E-state index in [1.807, 2.05) is 25.1 Å². The van der Waals surface area contributed by atoms with Crippen molar-refractivity contribution in [3.8, 4) is 0 Å². The number of nitrogens with one attached hydrogen (secondary N) is 1. The van der Waals surface area contributed by atoms with Crippen LogP contribution in [0, 0.1) is 12.8 Å². The molecular weight excluding hydrogens is 278 g/mol. The monoisotopic (exact) mass is 297 g/mol. The molecule has 0 bridgehead atoms. The van der Waals surface area contributed by atoms with Gasteiger partial charge in [-0.3, -0.25) is 0 Å². The van der Waals surface area contributed by atoms with Crippen molar-refractivity contribution in [1.82, 2.24) is 20.2 Å². The lowest BCUT2D eigenvalue weighted by molar-refractivity contribution is 0.383. The number of benzene rings is 1. The zero-order valence-corrected chi connectivity index (χ0v) is 12.6. The molecule has 1 atom stereocenters. The molecule has 1 aromatic carbocycles. The third kappa shape index (κ3) is 2.56. The van der Waals surface area contributed by atoms with E-state index in [9.17, 15) is 0 Å². The average Bonchev–Trinajstić information content (AvgIpc) is 3.13. The molecule has 1 fully saturated rings. The summed E-state index contributed by atoms with van der Waals surface area (Å²) in [6.45, 7) is 3.75. The van der Waals surface area contributed by atoms with Gasteiger partial charge in [0.05, 0.1) is 11.0 Å². The number of para-hydroxylation sites is 2. The lowest BCUT2D eigenvalue weighted by atomic mass is 9.95. The van der Waals surface area contributed by atoms with Crippen molar-refractivity contribution in [2.24, 2.45) is 5.92 Å². The van der Waals surface area contributed by atoms with Gasteiger partial charge < -0.3 is 14.3 Å². The number of piperidine rings is 1. The van der Waals surface area contributed by atoms with Crippen LogP contribution in [-0.2, 0) is 6.42 Å². The Morgan fingerprint density at radius 1 is 1.32 bits per heavy atom. The largest absolute Gasteiger partial charge is 0.408 e. The third-order valence-electron chi connectivity index (χ3n) is 4.23. The number of aryl methyl sites for hydroxylation is 1. The summed E-state index contributed by atoms with van der Waals surface area (Å²) in [4.78, 5) is 10.3. The quantitative estimate of drug-likeness (QED) is 0.805. The van der Waals surface area contributed by atoms with Crippen LogP contribution in [0.2, 0.25) is 0 Å². The topological polar surface area (TPSA) is 70.8 Å². The first-order chi connectivity index (χ1) is 10.8. The molecule has 3 aromatic rings. The van der Waals surface area contributed by atoms with Gasteiger partial charge in [-0.15, -0.1) is 5.10 Å².